The van der Waals surface area contributed by atoms with Crippen LogP contribution in [0.3, 0.4) is 0 Å². The molecule has 0 radical (unpaired) electrons. The Morgan fingerprint density at radius 3 is 0.957 bits per heavy atom. The molecular formula is C40H30O5S. The molecule has 6 aromatic carbocycles. The highest BCUT2D eigenvalue weighted by molar-refractivity contribution is 7.85. The van der Waals surface area contributed by atoms with Gasteiger partial charge in [0.2, 0.25) is 0 Å². The van der Waals surface area contributed by atoms with Crippen LogP contribution in [0.15, 0.2) is 155 Å². The molecule has 0 saturated carbocycles. The zero-order valence-electron chi connectivity index (χ0n) is 25.3. The van der Waals surface area contributed by atoms with E-state index in [1.54, 1.807) is 97.1 Å². The number of rotatable bonds is 10. The molecule has 0 amide bonds. The van der Waals surface area contributed by atoms with Crippen LogP contribution in [-0.2, 0) is 10.8 Å². The molecule has 6 aromatic rings. The van der Waals surface area contributed by atoms with Crippen molar-refractivity contribution in [2.75, 3.05) is 0 Å². The van der Waals surface area contributed by atoms with Gasteiger partial charge in [-0.3, -0.25) is 9.59 Å². The summed E-state index contributed by atoms with van der Waals surface area (Å²) in [6.07, 6.45) is 0. The first-order valence-electron chi connectivity index (χ1n) is 14.7. The number of aryl methyl sites for hydroxylation is 2. The molecule has 0 N–H and O–H groups in total. The van der Waals surface area contributed by atoms with Gasteiger partial charge in [-0.25, -0.2) is 4.21 Å². The lowest BCUT2D eigenvalue weighted by molar-refractivity contribution is 0.103. The summed E-state index contributed by atoms with van der Waals surface area (Å²) in [7, 11) is -1.27. The first kappa shape index (κ1) is 30.4. The first-order valence-corrected chi connectivity index (χ1v) is 15.9. The fraction of sp³-hybridized carbons (Fsp3) is 0.0500. The molecule has 0 saturated heterocycles. The van der Waals surface area contributed by atoms with E-state index in [1.165, 1.54) is 0 Å². The lowest BCUT2D eigenvalue weighted by Crippen LogP contribution is -2.01. The molecule has 1 atom stereocenters. The molecule has 46 heavy (non-hydrogen) atoms. The van der Waals surface area contributed by atoms with E-state index in [9.17, 15) is 13.8 Å². The standard InChI is InChI=1S/C40H30O5S/c1-27-3-7-29(8-4-27)39(41)30-9-15-33(16-10-30)44-34-17-11-31(12-18-34)40(42)32-13-19-35(20-14-32)45-36-21-25-38(26-22-36)46(43)37-23-5-28(2)6-24-37/h3-26H,1-2H3. The second-order valence-electron chi connectivity index (χ2n) is 10.9. The third-order valence-corrected chi connectivity index (χ3v) is 8.81. The van der Waals surface area contributed by atoms with Crippen LogP contribution < -0.4 is 9.47 Å². The molecule has 6 heteroatoms. The summed E-state index contributed by atoms with van der Waals surface area (Å²) in [6.45, 7) is 3.98. The third-order valence-electron chi connectivity index (χ3n) is 7.41. The molecule has 0 bridgehead atoms. The zero-order valence-corrected chi connectivity index (χ0v) is 26.1. The molecule has 0 heterocycles. The van der Waals surface area contributed by atoms with Crippen molar-refractivity contribution < 1.29 is 23.3 Å². The van der Waals surface area contributed by atoms with Crippen molar-refractivity contribution in [1.82, 2.24) is 0 Å². The second kappa shape index (κ2) is 13.6. The molecule has 0 spiro atoms. The van der Waals surface area contributed by atoms with E-state index >= 15 is 0 Å². The second-order valence-corrected chi connectivity index (χ2v) is 12.3. The van der Waals surface area contributed by atoms with Gasteiger partial charge in [0.25, 0.3) is 0 Å². The smallest absolute Gasteiger partial charge is 0.193 e. The van der Waals surface area contributed by atoms with Gasteiger partial charge in [-0.15, -0.1) is 0 Å². The topological polar surface area (TPSA) is 69.7 Å². The summed E-state index contributed by atoms with van der Waals surface area (Å²) in [5.74, 6) is 2.18. The monoisotopic (exact) mass is 622 g/mol. The minimum absolute atomic E-state index is 0.0454. The predicted octanol–water partition coefficient (Wildman–Crippen LogP) is 9.52. The lowest BCUT2D eigenvalue weighted by Gasteiger charge is -2.09. The third kappa shape index (κ3) is 7.20. The Morgan fingerprint density at radius 2 is 0.630 bits per heavy atom. The van der Waals surface area contributed by atoms with Crippen molar-refractivity contribution in [3.63, 3.8) is 0 Å². The normalized spacial score (nSPS) is 11.4. The molecular weight excluding hydrogens is 593 g/mol. The summed E-state index contributed by atoms with van der Waals surface area (Å²) < 4.78 is 24.7. The minimum atomic E-state index is -1.27. The average Bonchev–Trinajstić information content (AvgIpc) is 3.09. The first-order chi connectivity index (χ1) is 22.3. The Hall–Kier alpha value is -5.59. The maximum atomic E-state index is 13.1. The van der Waals surface area contributed by atoms with E-state index in [1.807, 2.05) is 62.4 Å². The molecule has 6 rings (SSSR count). The van der Waals surface area contributed by atoms with Crippen LogP contribution in [0.4, 0.5) is 0 Å². The average molecular weight is 623 g/mol. The number of ketones is 2. The van der Waals surface area contributed by atoms with Crippen LogP contribution in [0.25, 0.3) is 0 Å². The molecule has 1 unspecified atom stereocenters. The summed E-state index contributed by atoms with van der Waals surface area (Å²) in [6, 6.07) is 43.1. The number of carbonyl (C=O) groups is 2. The van der Waals surface area contributed by atoms with Crippen molar-refractivity contribution in [3.05, 3.63) is 179 Å². The van der Waals surface area contributed by atoms with Gasteiger partial charge in [-0.2, -0.15) is 0 Å². The quantitative estimate of drug-likeness (QED) is 0.142. The van der Waals surface area contributed by atoms with Crippen molar-refractivity contribution in [3.8, 4) is 23.0 Å². The Bertz CT molecular complexity index is 1850. The summed E-state index contributed by atoms with van der Waals surface area (Å²) in [5.41, 5.74) is 4.49. The number of carbonyl (C=O) groups excluding carboxylic acids is 2. The highest BCUT2D eigenvalue weighted by Crippen LogP contribution is 2.27. The van der Waals surface area contributed by atoms with Crippen LogP contribution in [-0.4, -0.2) is 15.8 Å². The van der Waals surface area contributed by atoms with Crippen LogP contribution in [0.5, 0.6) is 23.0 Å². The largest absolute Gasteiger partial charge is 0.457 e. The van der Waals surface area contributed by atoms with Crippen LogP contribution in [0.1, 0.15) is 43.0 Å². The van der Waals surface area contributed by atoms with Crippen LogP contribution in [0.2, 0.25) is 0 Å². The Labute approximate surface area is 270 Å². The van der Waals surface area contributed by atoms with Crippen molar-refractivity contribution >= 4 is 22.4 Å². The van der Waals surface area contributed by atoms with Crippen molar-refractivity contribution in [2.45, 2.75) is 23.6 Å². The minimum Gasteiger partial charge on any atom is -0.457 e. The fourth-order valence-electron chi connectivity index (χ4n) is 4.76. The molecule has 0 aliphatic heterocycles. The van der Waals surface area contributed by atoms with E-state index in [2.05, 4.69) is 0 Å². The van der Waals surface area contributed by atoms with E-state index in [0.717, 1.165) is 16.0 Å². The molecule has 5 nitrogen and oxygen atoms in total. The van der Waals surface area contributed by atoms with Gasteiger partial charge in [-0.1, -0.05) is 47.5 Å². The molecule has 0 aliphatic carbocycles. The molecule has 226 valence electrons. The van der Waals surface area contributed by atoms with Crippen molar-refractivity contribution in [2.24, 2.45) is 0 Å². The van der Waals surface area contributed by atoms with E-state index in [4.69, 9.17) is 9.47 Å². The fourth-order valence-corrected chi connectivity index (χ4v) is 5.80. The molecule has 0 aromatic heterocycles. The lowest BCUT2D eigenvalue weighted by atomic mass is 10.0. The van der Waals surface area contributed by atoms with Crippen LogP contribution in [0, 0.1) is 13.8 Å². The molecule has 0 aliphatic rings. The van der Waals surface area contributed by atoms with Gasteiger partial charge >= 0.3 is 0 Å². The summed E-state index contributed by atoms with van der Waals surface area (Å²) in [4.78, 5) is 27.3. The maximum Gasteiger partial charge on any atom is 0.193 e. The van der Waals surface area contributed by atoms with E-state index in [-0.39, 0.29) is 11.6 Å². The maximum absolute atomic E-state index is 13.1. The number of hydrogen-bond acceptors (Lipinski definition) is 5. The van der Waals surface area contributed by atoms with E-state index in [0.29, 0.717) is 50.1 Å². The van der Waals surface area contributed by atoms with Gasteiger partial charge in [0.1, 0.15) is 23.0 Å². The van der Waals surface area contributed by atoms with Gasteiger partial charge < -0.3 is 9.47 Å². The van der Waals surface area contributed by atoms with Gasteiger partial charge in [0, 0.05) is 32.0 Å². The Balaban J connectivity index is 1.04. The van der Waals surface area contributed by atoms with Gasteiger partial charge in [0.15, 0.2) is 11.6 Å². The number of ether oxygens (including phenoxy) is 2. The van der Waals surface area contributed by atoms with Gasteiger partial charge in [-0.05, 0) is 123 Å². The zero-order chi connectivity index (χ0) is 32.0. The predicted molar refractivity (Wildman–Crippen MR) is 180 cm³/mol. The SMILES string of the molecule is Cc1ccc(C(=O)c2ccc(Oc3ccc(C(=O)c4ccc(Oc5ccc(S(=O)c6ccc(C)cc6)cc5)cc4)cc3)cc2)cc1. The number of benzene rings is 6. The van der Waals surface area contributed by atoms with Crippen LogP contribution >= 0.6 is 0 Å². The molecule has 0 fully saturated rings. The summed E-state index contributed by atoms with van der Waals surface area (Å²) in [5, 5.41) is 0. The number of hydrogen-bond donors (Lipinski definition) is 0. The highest BCUT2D eigenvalue weighted by atomic mass is 32.2. The highest BCUT2D eigenvalue weighted by Gasteiger charge is 2.12. The Morgan fingerprint density at radius 1 is 0.391 bits per heavy atom. The summed E-state index contributed by atoms with van der Waals surface area (Å²) >= 11 is 0. The Kier molecular flexibility index (Phi) is 8.99. The van der Waals surface area contributed by atoms with Gasteiger partial charge in [0.05, 0.1) is 10.8 Å². The van der Waals surface area contributed by atoms with Crippen molar-refractivity contribution in [1.29, 1.82) is 0 Å². The van der Waals surface area contributed by atoms with E-state index < -0.39 is 10.8 Å².